The standard InChI is InChI=1S/C21H36N2O5/c1-5-18(4)21(24)19-6-7-20(23-16-19)22-8-9-25-10-11-26-12-13-27-14-15-28-17(2)3/h6-7,16-18H,5,8-15H2,1-4H3,(H,22,23). The molecule has 1 rings (SSSR count). The average molecular weight is 397 g/mol. The number of carbonyl (C=O) groups is 1. The highest BCUT2D eigenvalue weighted by molar-refractivity contribution is 5.97. The monoisotopic (exact) mass is 396 g/mol. The van der Waals surface area contributed by atoms with Crippen LogP contribution in [0.15, 0.2) is 18.3 Å². The van der Waals surface area contributed by atoms with E-state index in [1.54, 1.807) is 6.20 Å². The van der Waals surface area contributed by atoms with Crippen molar-refractivity contribution in [1.29, 1.82) is 0 Å². The molecule has 0 saturated heterocycles. The number of hydrogen-bond acceptors (Lipinski definition) is 7. The minimum Gasteiger partial charge on any atom is -0.377 e. The third-order valence-electron chi connectivity index (χ3n) is 4.08. The molecule has 0 aliphatic rings. The van der Waals surface area contributed by atoms with Crippen LogP contribution in [-0.4, -0.2) is 69.7 Å². The smallest absolute Gasteiger partial charge is 0.167 e. The molecular weight excluding hydrogens is 360 g/mol. The third-order valence-corrected chi connectivity index (χ3v) is 4.08. The second-order valence-electron chi connectivity index (χ2n) is 6.79. The Hall–Kier alpha value is -1.54. The molecule has 0 aromatic carbocycles. The second kappa shape index (κ2) is 15.4. The van der Waals surface area contributed by atoms with Crippen LogP contribution in [0.25, 0.3) is 0 Å². The molecule has 1 atom stereocenters. The number of nitrogens with one attached hydrogen (secondary N) is 1. The third kappa shape index (κ3) is 11.3. The van der Waals surface area contributed by atoms with Crippen LogP contribution < -0.4 is 5.32 Å². The van der Waals surface area contributed by atoms with E-state index in [-0.39, 0.29) is 17.8 Å². The highest BCUT2D eigenvalue weighted by Gasteiger charge is 2.13. The van der Waals surface area contributed by atoms with Gasteiger partial charge in [-0.3, -0.25) is 4.79 Å². The van der Waals surface area contributed by atoms with Gasteiger partial charge in [-0.1, -0.05) is 13.8 Å². The quantitative estimate of drug-likeness (QED) is 0.320. The Labute approximate surface area is 169 Å². The lowest BCUT2D eigenvalue weighted by atomic mass is 9.98. The van der Waals surface area contributed by atoms with Crippen LogP contribution in [0, 0.1) is 5.92 Å². The van der Waals surface area contributed by atoms with Gasteiger partial charge in [0.05, 0.1) is 52.4 Å². The zero-order chi connectivity index (χ0) is 20.6. The number of hydrogen-bond donors (Lipinski definition) is 1. The van der Waals surface area contributed by atoms with Crippen LogP contribution in [0.5, 0.6) is 0 Å². The molecule has 1 heterocycles. The number of aromatic nitrogens is 1. The van der Waals surface area contributed by atoms with Crippen LogP contribution in [0.4, 0.5) is 5.82 Å². The van der Waals surface area contributed by atoms with Gasteiger partial charge in [0.25, 0.3) is 0 Å². The molecule has 7 heteroatoms. The van der Waals surface area contributed by atoms with E-state index < -0.39 is 0 Å². The zero-order valence-electron chi connectivity index (χ0n) is 17.7. The van der Waals surface area contributed by atoms with Crippen LogP contribution in [-0.2, 0) is 18.9 Å². The summed E-state index contributed by atoms with van der Waals surface area (Å²) in [7, 11) is 0. The van der Waals surface area contributed by atoms with Gasteiger partial charge in [0.1, 0.15) is 5.82 Å². The largest absolute Gasteiger partial charge is 0.377 e. The minimum absolute atomic E-state index is 0.0293. The Morgan fingerprint density at radius 3 is 2.11 bits per heavy atom. The van der Waals surface area contributed by atoms with Gasteiger partial charge < -0.3 is 24.3 Å². The molecule has 0 amide bonds. The number of rotatable bonds is 17. The van der Waals surface area contributed by atoms with Crippen molar-refractivity contribution in [2.45, 2.75) is 40.2 Å². The first-order valence-corrected chi connectivity index (χ1v) is 10.1. The number of ether oxygens (including phenoxy) is 4. The summed E-state index contributed by atoms with van der Waals surface area (Å²) in [5, 5.41) is 3.17. The molecule has 7 nitrogen and oxygen atoms in total. The molecule has 0 saturated carbocycles. The number of Topliss-reactive ketones (excluding diaryl/α,β-unsaturated/α-hetero) is 1. The number of pyridine rings is 1. The first-order chi connectivity index (χ1) is 13.5. The molecule has 0 aliphatic carbocycles. The van der Waals surface area contributed by atoms with Crippen molar-refractivity contribution >= 4 is 11.6 Å². The van der Waals surface area contributed by atoms with E-state index in [2.05, 4.69) is 10.3 Å². The molecular formula is C21H36N2O5. The van der Waals surface area contributed by atoms with Crippen molar-refractivity contribution in [2.75, 3.05) is 58.1 Å². The molecule has 0 bridgehead atoms. The predicted octanol–water partition coefficient (Wildman–Crippen LogP) is 3.20. The minimum atomic E-state index is 0.0293. The summed E-state index contributed by atoms with van der Waals surface area (Å²) in [6.07, 6.45) is 2.70. The van der Waals surface area contributed by atoms with Crippen molar-refractivity contribution in [2.24, 2.45) is 5.92 Å². The lowest BCUT2D eigenvalue weighted by Crippen LogP contribution is -2.15. The van der Waals surface area contributed by atoms with Crippen molar-refractivity contribution in [1.82, 2.24) is 4.98 Å². The highest BCUT2D eigenvalue weighted by Crippen LogP contribution is 2.12. The van der Waals surface area contributed by atoms with E-state index >= 15 is 0 Å². The van der Waals surface area contributed by atoms with Gasteiger partial charge in [-0.25, -0.2) is 4.98 Å². The van der Waals surface area contributed by atoms with Crippen molar-refractivity contribution < 1.29 is 23.7 Å². The fourth-order valence-corrected chi connectivity index (χ4v) is 2.25. The van der Waals surface area contributed by atoms with Crippen LogP contribution in [0.2, 0.25) is 0 Å². The molecule has 160 valence electrons. The van der Waals surface area contributed by atoms with E-state index in [0.717, 1.165) is 12.2 Å². The fourth-order valence-electron chi connectivity index (χ4n) is 2.25. The summed E-state index contributed by atoms with van der Waals surface area (Å²) in [6.45, 7) is 12.5. The Balaban J connectivity index is 1.97. The Bertz CT molecular complexity index is 522. The van der Waals surface area contributed by atoms with Gasteiger partial charge >= 0.3 is 0 Å². The first-order valence-electron chi connectivity index (χ1n) is 10.1. The van der Waals surface area contributed by atoms with Gasteiger partial charge in [-0.05, 0) is 32.4 Å². The van der Waals surface area contributed by atoms with Crippen LogP contribution in [0.1, 0.15) is 44.5 Å². The van der Waals surface area contributed by atoms with E-state index in [4.69, 9.17) is 18.9 Å². The molecule has 1 aromatic rings. The molecule has 0 spiro atoms. The maximum Gasteiger partial charge on any atom is 0.167 e. The van der Waals surface area contributed by atoms with Crippen LogP contribution in [0.3, 0.4) is 0 Å². The lowest BCUT2D eigenvalue weighted by molar-refractivity contribution is -0.0110. The van der Waals surface area contributed by atoms with E-state index in [1.807, 2.05) is 39.8 Å². The van der Waals surface area contributed by atoms with Gasteiger partial charge in [0.2, 0.25) is 0 Å². The summed E-state index contributed by atoms with van der Waals surface area (Å²) in [5.74, 6) is 0.903. The van der Waals surface area contributed by atoms with Crippen molar-refractivity contribution in [3.8, 4) is 0 Å². The first kappa shape index (κ1) is 24.5. The molecule has 0 radical (unpaired) electrons. The van der Waals surface area contributed by atoms with E-state index in [1.165, 1.54) is 0 Å². The lowest BCUT2D eigenvalue weighted by Gasteiger charge is -2.10. The van der Waals surface area contributed by atoms with Gasteiger partial charge in [0, 0.05) is 24.2 Å². The van der Waals surface area contributed by atoms with Gasteiger partial charge in [0.15, 0.2) is 5.78 Å². The van der Waals surface area contributed by atoms with E-state index in [0.29, 0.717) is 58.4 Å². The number of carbonyl (C=O) groups excluding carboxylic acids is 1. The second-order valence-corrected chi connectivity index (χ2v) is 6.79. The fraction of sp³-hybridized carbons (Fsp3) is 0.714. The van der Waals surface area contributed by atoms with Gasteiger partial charge in [-0.2, -0.15) is 0 Å². The molecule has 1 aromatic heterocycles. The predicted molar refractivity (Wildman–Crippen MR) is 110 cm³/mol. The molecule has 1 N–H and O–H groups in total. The van der Waals surface area contributed by atoms with E-state index in [9.17, 15) is 4.79 Å². The number of anilines is 1. The number of nitrogens with zero attached hydrogens (tertiary/aromatic N) is 1. The Morgan fingerprint density at radius 1 is 0.964 bits per heavy atom. The van der Waals surface area contributed by atoms with Gasteiger partial charge in [-0.15, -0.1) is 0 Å². The molecule has 1 unspecified atom stereocenters. The summed E-state index contributed by atoms with van der Waals surface area (Å²) in [5.41, 5.74) is 0.657. The maximum absolute atomic E-state index is 12.1. The normalized spacial score (nSPS) is 12.3. The Kier molecular flexibility index (Phi) is 13.5. The van der Waals surface area contributed by atoms with Crippen molar-refractivity contribution in [3.05, 3.63) is 23.9 Å². The summed E-state index contributed by atoms with van der Waals surface area (Å²) >= 11 is 0. The number of ketones is 1. The molecule has 0 fully saturated rings. The highest BCUT2D eigenvalue weighted by atomic mass is 16.6. The topological polar surface area (TPSA) is 78.9 Å². The average Bonchev–Trinajstić information content (AvgIpc) is 2.70. The van der Waals surface area contributed by atoms with Crippen LogP contribution >= 0.6 is 0 Å². The molecule has 28 heavy (non-hydrogen) atoms. The summed E-state index contributed by atoms with van der Waals surface area (Å²) < 4.78 is 21.7. The Morgan fingerprint density at radius 2 is 1.57 bits per heavy atom. The van der Waals surface area contributed by atoms with Crippen molar-refractivity contribution in [3.63, 3.8) is 0 Å². The zero-order valence-corrected chi connectivity index (χ0v) is 17.7. The SMILES string of the molecule is CCC(C)C(=O)c1ccc(NCCOCCOCCOCCOC(C)C)nc1. The summed E-state index contributed by atoms with van der Waals surface area (Å²) in [4.78, 5) is 16.4. The maximum atomic E-state index is 12.1. The summed E-state index contributed by atoms with van der Waals surface area (Å²) in [6, 6.07) is 3.64. The molecule has 0 aliphatic heterocycles.